The van der Waals surface area contributed by atoms with Crippen LogP contribution in [0.2, 0.25) is 0 Å². The van der Waals surface area contributed by atoms with Crippen LogP contribution in [-0.2, 0) is 11.2 Å². The lowest BCUT2D eigenvalue weighted by Crippen LogP contribution is -2.14. The lowest BCUT2D eigenvalue weighted by atomic mass is 10.1. The molecular weight excluding hydrogens is 368 g/mol. The molecular formula is C22H18N4O3. The van der Waals surface area contributed by atoms with E-state index in [2.05, 4.69) is 15.3 Å². The predicted molar refractivity (Wildman–Crippen MR) is 108 cm³/mol. The molecule has 2 aromatic carbocycles. The van der Waals surface area contributed by atoms with Crippen LogP contribution in [0.3, 0.4) is 0 Å². The van der Waals surface area contributed by atoms with Gasteiger partial charge in [-0.15, -0.1) is 0 Å². The quantitative estimate of drug-likeness (QED) is 0.580. The summed E-state index contributed by atoms with van der Waals surface area (Å²) in [6, 6.07) is 15.1. The lowest BCUT2D eigenvalue weighted by Gasteiger charge is -2.08. The minimum atomic E-state index is -0.102. The Kier molecular flexibility index (Phi) is 4.13. The number of carbonyl (C=O) groups is 1. The van der Waals surface area contributed by atoms with E-state index in [4.69, 9.17) is 9.47 Å². The molecule has 1 aliphatic rings. The van der Waals surface area contributed by atoms with Gasteiger partial charge in [0.2, 0.25) is 18.5 Å². The van der Waals surface area contributed by atoms with E-state index >= 15 is 0 Å². The molecule has 1 aliphatic heterocycles. The normalized spacial score (nSPS) is 12.3. The molecule has 1 amide bonds. The Morgan fingerprint density at radius 2 is 2.03 bits per heavy atom. The number of nitrogens with one attached hydrogen (secondary N) is 1. The zero-order valence-corrected chi connectivity index (χ0v) is 15.8. The van der Waals surface area contributed by atoms with Crippen LogP contribution in [0.5, 0.6) is 11.5 Å². The van der Waals surface area contributed by atoms with Crippen LogP contribution in [0.15, 0.2) is 60.9 Å². The van der Waals surface area contributed by atoms with Crippen LogP contribution in [0, 0.1) is 6.92 Å². The van der Waals surface area contributed by atoms with Crippen molar-refractivity contribution < 1.29 is 14.3 Å². The fourth-order valence-corrected chi connectivity index (χ4v) is 3.46. The van der Waals surface area contributed by atoms with Crippen LogP contribution < -0.4 is 14.8 Å². The number of benzene rings is 2. The van der Waals surface area contributed by atoms with Crippen molar-refractivity contribution in [3.05, 3.63) is 72.2 Å². The second-order valence-corrected chi connectivity index (χ2v) is 6.83. The third kappa shape index (κ3) is 3.27. The van der Waals surface area contributed by atoms with Crippen molar-refractivity contribution in [1.29, 1.82) is 0 Å². The summed E-state index contributed by atoms with van der Waals surface area (Å²) in [5, 5.41) is 2.96. The average Bonchev–Trinajstić information content (AvgIpc) is 3.32. The molecule has 5 rings (SSSR count). The maximum Gasteiger partial charge on any atom is 0.234 e. The van der Waals surface area contributed by atoms with E-state index in [9.17, 15) is 4.79 Å². The summed E-state index contributed by atoms with van der Waals surface area (Å²) in [7, 11) is 0. The summed E-state index contributed by atoms with van der Waals surface area (Å²) in [5.74, 6) is 1.93. The van der Waals surface area contributed by atoms with E-state index in [-0.39, 0.29) is 19.1 Å². The van der Waals surface area contributed by atoms with Crippen molar-refractivity contribution in [1.82, 2.24) is 14.4 Å². The summed E-state index contributed by atoms with van der Waals surface area (Å²) in [5.41, 5.74) is 4.35. The standard InChI is InChI=1S/C22H18N4O3/c1-14-21(25-22-23-8-3-9-26(14)22)16-4-2-5-17(12-16)24-20(27)11-15-6-7-18-19(10-15)29-13-28-18/h2-10,12H,11,13H2,1H3,(H,24,27). The second kappa shape index (κ2) is 6.94. The maximum absolute atomic E-state index is 12.5. The Morgan fingerprint density at radius 1 is 1.14 bits per heavy atom. The second-order valence-electron chi connectivity index (χ2n) is 6.83. The maximum atomic E-state index is 12.5. The minimum absolute atomic E-state index is 0.102. The molecule has 0 bridgehead atoms. The van der Waals surface area contributed by atoms with Gasteiger partial charge in [0.15, 0.2) is 11.5 Å². The average molecular weight is 386 g/mol. The number of hydrogen-bond acceptors (Lipinski definition) is 5. The summed E-state index contributed by atoms with van der Waals surface area (Å²) in [6.07, 6.45) is 3.90. The molecule has 0 atom stereocenters. The Hall–Kier alpha value is -3.87. The van der Waals surface area contributed by atoms with Crippen molar-refractivity contribution in [3.8, 4) is 22.8 Å². The number of aryl methyl sites for hydroxylation is 1. The smallest absolute Gasteiger partial charge is 0.234 e. The van der Waals surface area contributed by atoms with Gasteiger partial charge >= 0.3 is 0 Å². The zero-order valence-electron chi connectivity index (χ0n) is 15.8. The highest BCUT2D eigenvalue weighted by molar-refractivity contribution is 5.93. The van der Waals surface area contributed by atoms with Gasteiger partial charge in [0, 0.05) is 29.3 Å². The third-order valence-corrected chi connectivity index (χ3v) is 4.86. The van der Waals surface area contributed by atoms with Gasteiger partial charge in [-0.2, -0.15) is 0 Å². The fourth-order valence-electron chi connectivity index (χ4n) is 3.46. The molecule has 3 heterocycles. The van der Waals surface area contributed by atoms with Crippen LogP contribution >= 0.6 is 0 Å². The van der Waals surface area contributed by atoms with Gasteiger partial charge in [-0.25, -0.2) is 9.97 Å². The highest BCUT2D eigenvalue weighted by atomic mass is 16.7. The molecule has 7 heteroatoms. The van der Waals surface area contributed by atoms with Gasteiger partial charge in [-0.3, -0.25) is 9.20 Å². The minimum Gasteiger partial charge on any atom is -0.454 e. The van der Waals surface area contributed by atoms with Crippen molar-refractivity contribution in [3.63, 3.8) is 0 Å². The fraction of sp³-hybridized carbons (Fsp3) is 0.136. The highest BCUT2D eigenvalue weighted by Gasteiger charge is 2.15. The Balaban J connectivity index is 1.35. The van der Waals surface area contributed by atoms with Gasteiger partial charge in [-0.05, 0) is 42.8 Å². The van der Waals surface area contributed by atoms with Crippen molar-refractivity contribution in [2.45, 2.75) is 13.3 Å². The number of ether oxygens (including phenoxy) is 2. The molecule has 0 saturated heterocycles. The topological polar surface area (TPSA) is 77.8 Å². The van der Waals surface area contributed by atoms with Crippen molar-refractivity contribution in [2.75, 3.05) is 12.1 Å². The summed E-state index contributed by atoms with van der Waals surface area (Å²) >= 11 is 0. The van der Waals surface area contributed by atoms with Crippen LogP contribution in [0.25, 0.3) is 17.0 Å². The third-order valence-electron chi connectivity index (χ3n) is 4.86. The number of rotatable bonds is 4. The molecule has 0 spiro atoms. The number of amides is 1. The number of fused-ring (bicyclic) bond motifs is 2. The molecule has 7 nitrogen and oxygen atoms in total. The first-order valence-electron chi connectivity index (χ1n) is 9.26. The van der Waals surface area contributed by atoms with Gasteiger partial charge in [0.05, 0.1) is 12.1 Å². The molecule has 0 unspecified atom stereocenters. The Bertz CT molecular complexity index is 1230. The zero-order chi connectivity index (χ0) is 19.8. The van der Waals surface area contributed by atoms with Crippen LogP contribution in [0.1, 0.15) is 11.3 Å². The van der Waals surface area contributed by atoms with Crippen LogP contribution in [-0.4, -0.2) is 27.1 Å². The van der Waals surface area contributed by atoms with Crippen molar-refractivity contribution in [2.24, 2.45) is 0 Å². The van der Waals surface area contributed by atoms with E-state index < -0.39 is 0 Å². The number of hydrogen-bond donors (Lipinski definition) is 1. The van der Waals surface area contributed by atoms with Gasteiger partial charge < -0.3 is 14.8 Å². The monoisotopic (exact) mass is 386 g/mol. The van der Waals surface area contributed by atoms with Gasteiger partial charge in [0.25, 0.3) is 0 Å². The summed E-state index contributed by atoms with van der Waals surface area (Å²) < 4.78 is 12.6. The molecule has 2 aromatic heterocycles. The highest BCUT2D eigenvalue weighted by Crippen LogP contribution is 2.32. The van der Waals surface area contributed by atoms with E-state index in [0.717, 1.165) is 28.2 Å². The first-order chi connectivity index (χ1) is 14.2. The van der Waals surface area contributed by atoms with E-state index in [1.807, 2.05) is 66.1 Å². The molecule has 144 valence electrons. The molecule has 29 heavy (non-hydrogen) atoms. The van der Waals surface area contributed by atoms with Crippen molar-refractivity contribution >= 4 is 17.4 Å². The molecule has 0 radical (unpaired) electrons. The van der Waals surface area contributed by atoms with E-state index in [1.54, 1.807) is 6.20 Å². The number of nitrogens with zero attached hydrogens (tertiary/aromatic N) is 3. The first kappa shape index (κ1) is 17.2. The summed E-state index contributed by atoms with van der Waals surface area (Å²) in [6.45, 7) is 2.22. The molecule has 0 saturated carbocycles. The first-order valence-corrected chi connectivity index (χ1v) is 9.26. The van der Waals surface area contributed by atoms with E-state index in [1.165, 1.54) is 0 Å². The Morgan fingerprint density at radius 3 is 2.93 bits per heavy atom. The van der Waals surface area contributed by atoms with Gasteiger partial charge in [-0.1, -0.05) is 18.2 Å². The number of aromatic nitrogens is 3. The molecule has 0 aliphatic carbocycles. The molecule has 1 N–H and O–H groups in total. The SMILES string of the molecule is Cc1c(-c2cccc(NC(=O)Cc3ccc4c(c3)OCO4)c2)nc2ncccn12. The largest absolute Gasteiger partial charge is 0.454 e. The number of imidazole rings is 1. The lowest BCUT2D eigenvalue weighted by molar-refractivity contribution is -0.115. The predicted octanol–water partition coefficient (Wildman–Crippen LogP) is 3.61. The van der Waals surface area contributed by atoms with Crippen LogP contribution in [0.4, 0.5) is 5.69 Å². The number of carbonyl (C=O) groups excluding carboxylic acids is 1. The van der Waals surface area contributed by atoms with E-state index in [0.29, 0.717) is 17.3 Å². The Labute approximate surface area is 166 Å². The van der Waals surface area contributed by atoms with Gasteiger partial charge in [0.1, 0.15) is 0 Å². The molecule has 0 fully saturated rings. The number of anilines is 1. The molecule has 4 aromatic rings. The summed E-state index contributed by atoms with van der Waals surface area (Å²) in [4.78, 5) is 21.4.